The first-order valence-corrected chi connectivity index (χ1v) is 11.2. The Bertz CT molecular complexity index is 751. The van der Waals surface area contributed by atoms with Gasteiger partial charge in [-0.05, 0) is 57.6 Å². The molecule has 1 N–H and O–H groups in total. The van der Waals surface area contributed by atoms with Gasteiger partial charge in [-0.25, -0.2) is 18.1 Å². The molecule has 1 spiro atoms. The smallest absolute Gasteiger partial charge is 0.242 e. The van der Waals surface area contributed by atoms with Crippen LogP contribution in [0, 0.1) is 5.92 Å². The molecule has 6 nitrogen and oxygen atoms in total. The molecular weight excluding hydrogens is 350 g/mol. The third kappa shape index (κ3) is 3.89. The highest BCUT2D eigenvalue weighted by atomic mass is 32.2. The molecule has 2 aliphatic carbocycles. The quantitative estimate of drug-likeness (QED) is 0.852. The molecule has 1 aliphatic heterocycles. The van der Waals surface area contributed by atoms with E-state index in [4.69, 9.17) is 4.74 Å². The number of morpholine rings is 1. The van der Waals surface area contributed by atoms with E-state index in [1.807, 2.05) is 6.07 Å². The van der Waals surface area contributed by atoms with Gasteiger partial charge in [0, 0.05) is 25.8 Å². The van der Waals surface area contributed by atoms with Gasteiger partial charge in [0.15, 0.2) is 0 Å². The summed E-state index contributed by atoms with van der Waals surface area (Å²) in [7, 11) is -3.46. The Morgan fingerprint density at radius 3 is 2.58 bits per heavy atom. The summed E-state index contributed by atoms with van der Waals surface area (Å²) in [5.74, 6) is 1.34. The Morgan fingerprint density at radius 2 is 1.96 bits per heavy atom. The molecular formula is C19H29N3O3S. The number of nitrogens with zero attached hydrogens (tertiary/aromatic N) is 2. The summed E-state index contributed by atoms with van der Waals surface area (Å²) < 4.78 is 33.9. The van der Waals surface area contributed by atoms with Crippen molar-refractivity contribution in [1.29, 1.82) is 0 Å². The molecule has 2 heterocycles. The highest BCUT2D eigenvalue weighted by Gasteiger charge is 2.46. The lowest BCUT2D eigenvalue weighted by Crippen LogP contribution is -2.59. The average Bonchev–Trinajstić information content (AvgIpc) is 3.32. The van der Waals surface area contributed by atoms with Crippen molar-refractivity contribution in [3.8, 4) is 0 Å². The van der Waals surface area contributed by atoms with Gasteiger partial charge < -0.3 is 9.64 Å². The van der Waals surface area contributed by atoms with E-state index >= 15 is 0 Å². The molecule has 0 unspecified atom stereocenters. The van der Waals surface area contributed by atoms with Crippen LogP contribution in [0.5, 0.6) is 0 Å². The summed E-state index contributed by atoms with van der Waals surface area (Å²) in [5.41, 5.74) is -0.319. The minimum atomic E-state index is -3.46. The number of pyridine rings is 1. The van der Waals surface area contributed by atoms with Crippen LogP contribution in [-0.4, -0.2) is 44.2 Å². The van der Waals surface area contributed by atoms with Crippen LogP contribution in [0.3, 0.4) is 0 Å². The van der Waals surface area contributed by atoms with E-state index in [1.165, 1.54) is 19.0 Å². The standard InChI is InChI=1S/C19H29N3O3S/c1-18(2)13-22(14-19(25-18)9-3-4-10-19)17-8-7-16(12-20-17)26(23,24)21-11-15-5-6-15/h7-8,12,15,21H,3-6,9-11,13-14H2,1-2H3. The third-order valence-electron chi connectivity index (χ3n) is 5.67. The first-order chi connectivity index (χ1) is 12.3. The molecule has 2 saturated carbocycles. The molecule has 3 aliphatic rings. The average molecular weight is 380 g/mol. The first-order valence-electron chi connectivity index (χ1n) is 9.68. The van der Waals surface area contributed by atoms with Crippen LogP contribution in [0.2, 0.25) is 0 Å². The second-order valence-corrected chi connectivity index (χ2v) is 10.5. The predicted octanol–water partition coefficient (Wildman–Crippen LogP) is 2.70. The zero-order valence-electron chi connectivity index (χ0n) is 15.7. The van der Waals surface area contributed by atoms with Crippen LogP contribution in [0.25, 0.3) is 0 Å². The Kier molecular flexibility index (Phi) is 4.52. The van der Waals surface area contributed by atoms with E-state index < -0.39 is 10.0 Å². The van der Waals surface area contributed by atoms with Gasteiger partial charge in [-0.2, -0.15) is 0 Å². The van der Waals surface area contributed by atoms with Gasteiger partial charge in [-0.15, -0.1) is 0 Å². The number of hydrogen-bond donors (Lipinski definition) is 1. The Balaban J connectivity index is 1.50. The van der Waals surface area contributed by atoms with E-state index in [0.29, 0.717) is 12.5 Å². The van der Waals surface area contributed by atoms with Crippen molar-refractivity contribution in [2.24, 2.45) is 5.92 Å². The zero-order chi connectivity index (χ0) is 18.4. The molecule has 26 heavy (non-hydrogen) atoms. The molecule has 1 aromatic rings. The maximum absolute atomic E-state index is 12.4. The van der Waals surface area contributed by atoms with Gasteiger partial charge in [0.2, 0.25) is 10.0 Å². The number of sulfonamides is 1. The molecule has 4 rings (SSSR count). The van der Waals surface area contributed by atoms with E-state index in [1.54, 1.807) is 6.07 Å². The summed E-state index contributed by atoms with van der Waals surface area (Å²) in [6.45, 7) is 6.37. The number of anilines is 1. The maximum Gasteiger partial charge on any atom is 0.242 e. The number of hydrogen-bond acceptors (Lipinski definition) is 5. The fraction of sp³-hybridized carbons (Fsp3) is 0.737. The van der Waals surface area contributed by atoms with Crippen molar-refractivity contribution in [2.45, 2.75) is 68.5 Å². The molecule has 1 saturated heterocycles. The fourth-order valence-corrected chi connectivity index (χ4v) is 5.37. The molecule has 0 radical (unpaired) electrons. The maximum atomic E-state index is 12.4. The zero-order valence-corrected chi connectivity index (χ0v) is 16.5. The van der Waals surface area contributed by atoms with Crippen LogP contribution in [-0.2, 0) is 14.8 Å². The fourth-order valence-electron chi connectivity index (χ4n) is 4.31. The Hall–Kier alpha value is -1.18. The highest BCUT2D eigenvalue weighted by molar-refractivity contribution is 7.89. The van der Waals surface area contributed by atoms with E-state index in [-0.39, 0.29) is 16.1 Å². The topological polar surface area (TPSA) is 71.5 Å². The van der Waals surface area contributed by atoms with Crippen molar-refractivity contribution < 1.29 is 13.2 Å². The van der Waals surface area contributed by atoms with Crippen molar-refractivity contribution in [2.75, 3.05) is 24.5 Å². The molecule has 3 fully saturated rings. The largest absolute Gasteiger partial charge is 0.365 e. The van der Waals surface area contributed by atoms with Gasteiger partial charge >= 0.3 is 0 Å². The summed E-state index contributed by atoms with van der Waals surface area (Å²) >= 11 is 0. The predicted molar refractivity (Wildman–Crippen MR) is 101 cm³/mol. The molecule has 0 atom stereocenters. The molecule has 0 bridgehead atoms. The van der Waals surface area contributed by atoms with Crippen LogP contribution in [0.1, 0.15) is 52.4 Å². The van der Waals surface area contributed by atoms with Crippen LogP contribution >= 0.6 is 0 Å². The lowest BCUT2D eigenvalue weighted by molar-refractivity contribution is -0.148. The number of ether oxygens (including phenoxy) is 1. The number of rotatable bonds is 5. The van der Waals surface area contributed by atoms with E-state index in [2.05, 4.69) is 28.5 Å². The molecule has 7 heteroatoms. The summed E-state index contributed by atoms with van der Waals surface area (Å²) in [6.07, 6.45) is 8.31. The summed E-state index contributed by atoms with van der Waals surface area (Å²) in [6, 6.07) is 3.50. The van der Waals surface area contributed by atoms with E-state index in [9.17, 15) is 8.42 Å². The SMILES string of the molecule is CC1(C)CN(c2ccc(S(=O)(=O)NCC3CC3)cn2)CC2(CCCC2)O1. The second kappa shape index (κ2) is 6.46. The van der Waals surface area contributed by atoms with Gasteiger partial charge in [-0.3, -0.25) is 0 Å². The highest BCUT2D eigenvalue weighted by Crippen LogP contribution is 2.41. The van der Waals surface area contributed by atoms with Gasteiger partial charge in [0.25, 0.3) is 0 Å². The van der Waals surface area contributed by atoms with Crippen LogP contribution < -0.4 is 9.62 Å². The summed E-state index contributed by atoms with van der Waals surface area (Å²) in [4.78, 5) is 6.98. The monoisotopic (exact) mass is 379 g/mol. The normalized spacial score (nSPS) is 24.9. The van der Waals surface area contributed by atoms with Crippen molar-refractivity contribution in [3.05, 3.63) is 18.3 Å². The molecule has 0 amide bonds. The van der Waals surface area contributed by atoms with Gasteiger partial charge in [0.1, 0.15) is 10.7 Å². The Labute approximate surface area is 156 Å². The minimum absolute atomic E-state index is 0.0833. The van der Waals surface area contributed by atoms with Gasteiger partial charge in [0.05, 0.1) is 11.2 Å². The molecule has 0 aromatic carbocycles. The molecule has 144 valence electrons. The van der Waals surface area contributed by atoms with Crippen LogP contribution in [0.15, 0.2) is 23.2 Å². The number of aromatic nitrogens is 1. The first kappa shape index (κ1) is 18.2. The third-order valence-corrected chi connectivity index (χ3v) is 7.08. The van der Waals surface area contributed by atoms with Crippen molar-refractivity contribution in [3.63, 3.8) is 0 Å². The second-order valence-electron chi connectivity index (χ2n) is 8.76. The lowest BCUT2D eigenvalue weighted by atomic mass is 9.94. The van der Waals surface area contributed by atoms with Crippen LogP contribution in [0.4, 0.5) is 5.82 Å². The molecule has 1 aromatic heterocycles. The Morgan fingerprint density at radius 1 is 1.23 bits per heavy atom. The van der Waals surface area contributed by atoms with E-state index in [0.717, 1.165) is 44.6 Å². The number of nitrogens with one attached hydrogen (secondary N) is 1. The van der Waals surface area contributed by atoms with Crippen molar-refractivity contribution in [1.82, 2.24) is 9.71 Å². The lowest BCUT2D eigenvalue weighted by Gasteiger charge is -2.49. The summed E-state index contributed by atoms with van der Waals surface area (Å²) in [5, 5.41) is 0. The van der Waals surface area contributed by atoms with Crippen molar-refractivity contribution >= 4 is 15.8 Å². The van der Waals surface area contributed by atoms with Gasteiger partial charge in [-0.1, -0.05) is 12.8 Å². The minimum Gasteiger partial charge on any atom is -0.365 e.